The van der Waals surface area contributed by atoms with Crippen molar-refractivity contribution < 1.29 is 197 Å². The molecule has 0 fully saturated rings. The van der Waals surface area contributed by atoms with Gasteiger partial charge in [-0.05, 0) is 0 Å². The summed E-state index contributed by atoms with van der Waals surface area (Å²) >= 11 is 0. The molecule has 0 saturated carbocycles. The van der Waals surface area contributed by atoms with E-state index < -0.39 is 244 Å². The van der Waals surface area contributed by atoms with Crippen LogP contribution < -0.4 is 0 Å². The average Bonchev–Trinajstić information content (AvgIpc) is 3.54. The van der Waals surface area contributed by atoms with E-state index in [1.807, 2.05) is 0 Å². The molecule has 0 bridgehead atoms. The highest BCUT2D eigenvalue weighted by Gasteiger charge is 2.45. The maximum absolute atomic E-state index is 13.2. The van der Waals surface area contributed by atoms with E-state index in [9.17, 15) is 157 Å². The van der Waals surface area contributed by atoms with Gasteiger partial charge in [-0.15, -0.1) is 0 Å². The Balaban J connectivity index is 0.000000795. The minimum atomic E-state index is -2.70. The first-order chi connectivity index (χ1) is 37.5. The number of carbonyl (C=O) groups excluding carboxylic acids is 4. The number of benzene rings is 3. The Labute approximate surface area is 440 Å². The van der Waals surface area contributed by atoms with Crippen molar-refractivity contribution in [3.63, 3.8) is 0 Å². The summed E-state index contributed by atoms with van der Waals surface area (Å²) in [6.07, 6.45) is -3.58. The summed E-state index contributed by atoms with van der Waals surface area (Å²) < 4.78 is 8.42. The molecule has 430 valence electrons. The van der Waals surface area contributed by atoms with Crippen molar-refractivity contribution in [2.24, 2.45) is 5.92 Å². The van der Waals surface area contributed by atoms with Crippen molar-refractivity contribution >= 4 is 125 Å². The lowest BCUT2D eigenvalue weighted by Gasteiger charge is -2.18. The average molecular weight is 1170 g/mol. The zero-order valence-corrected chi connectivity index (χ0v) is 38.5. The molecule has 82 heavy (non-hydrogen) atoms. The van der Waals surface area contributed by atoms with Gasteiger partial charge in [0.2, 0.25) is 0 Å². The molecule has 3 aromatic rings. The molecule has 40 nitrogen and oxygen atoms in total. The minimum Gasteiger partial charge on any atom is -0.481 e. The molecule has 0 aromatic heterocycles. The van der Waals surface area contributed by atoms with E-state index >= 15 is 0 Å². The van der Waals surface area contributed by atoms with Crippen LogP contribution in [0.5, 0.6) is 0 Å². The highest BCUT2D eigenvalue weighted by molar-refractivity contribution is 6.26. The first kappa shape index (κ1) is 65.0. The van der Waals surface area contributed by atoms with Crippen molar-refractivity contribution in [2.75, 3.05) is 0 Å². The normalized spacial score (nSPS) is 10.6. The number of hydrogen-bond acceptors (Lipinski definition) is 23. The van der Waals surface area contributed by atoms with E-state index in [4.69, 9.17) is 30.6 Å². The second-order valence-electron chi connectivity index (χ2n) is 14.6. The number of rotatable bonds is 23. The number of esters is 4. The van der Waals surface area contributed by atoms with Crippen molar-refractivity contribution in [1.82, 2.24) is 0 Å². The molecule has 0 heterocycles. The summed E-state index contributed by atoms with van der Waals surface area (Å²) in [6, 6.07) is 0. The predicted octanol–water partition coefficient (Wildman–Crippen LogP) is -0.908. The molecule has 0 amide bonds. The Morgan fingerprint density at radius 2 is 0.366 bits per heavy atom. The molecule has 3 rings (SSSR count). The first-order valence-corrected chi connectivity index (χ1v) is 19.7. The topological polar surface area (TPSA) is 721 Å². The second-order valence-corrected chi connectivity index (χ2v) is 14.6. The lowest BCUT2D eigenvalue weighted by molar-refractivity contribution is -0.153. The van der Waals surface area contributed by atoms with Crippen molar-refractivity contribution in [3.05, 3.63) is 100 Å². The van der Waals surface area contributed by atoms with Crippen LogP contribution in [0.1, 0.15) is 199 Å². The van der Waals surface area contributed by atoms with E-state index in [1.165, 1.54) is 0 Å². The van der Waals surface area contributed by atoms with Crippen molar-refractivity contribution in [2.45, 2.75) is 12.8 Å². The zero-order valence-electron chi connectivity index (χ0n) is 38.5. The molecule has 1 atom stereocenters. The molecule has 0 spiro atoms. The SMILES string of the molecule is O=C(O)CC(CC(=O)OC(=O)c1c(C(=O)O)c(C(=O)O)c(C(=O)O)c(C(=O)O)c1C(=O)O)C(=O)OC(=O)c1c(C(=O)O)c(C(=O)O)c(C(=O)O)c(C(=O)O)c1C(=O)O.O=C(O)c1c(C(=O)O)c(C(=O)O)c(C(=O)O)c(C(=O)O)c1C(=O)O. The fourth-order valence-corrected chi connectivity index (χ4v) is 7.15. The first-order valence-electron chi connectivity index (χ1n) is 19.7. The van der Waals surface area contributed by atoms with Crippen LogP contribution in [0.3, 0.4) is 0 Å². The van der Waals surface area contributed by atoms with E-state index in [-0.39, 0.29) is 0 Å². The van der Waals surface area contributed by atoms with Crippen LogP contribution in [0.2, 0.25) is 0 Å². The van der Waals surface area contributed by atoms with Crippen LogP contribution in [0.4, 0.5) is 0 Å². The van der Waals surface area contributed by atoms with Crippen molar-refractivity contribution in [1.29, 1.82) is 0 Å². The van der Waals surface area contributed by atoms with E-state index in [0.717, 1.165) is 0 Å². The maximum Gasteiger partial charge on any atom is 0.347 e. The third kappa shape index (κ3) is 12.8. The molecule has 0 radical (unpaired) electrons. The van der Waals surface area contributed by atoms with Crippen LogP contribution in [-0.2, 0) is 23.9 Å². The fraction of sp³-hybridized carbons (Fsp3) is 0.0714. The number of carbonyl (C=O) groups is 21. The summed E-state index contributed by atoms with van der Waals surface area (Å²) in [6.45, 7) is 0. The smallest absolute Gasteiger partial charge is 0.347 e. The number of hydrogen-bond donors (Lipinski definition) is 17. The highest BCUT2D eigenvalue weighted by Crippen LogP contribution is 2.34. The Hall–Kier alpha value is -13.1. The molecule has 0 aliphatic heterocycles. The van der Waals surface area contributed by atoms with Crippen LogP contribution in [0.15, 0.2) is 0 Å². The summed E-state index contributed by atoms with van der Waals surface area (Å²) in [5.74, 6) is -54.3. The molecule has 0 saturated heterocycles. The fourth-order valence-electron chi connectivity index (χ4n) is 7.15. The third-order valence-corrected chi connectivity index (χ3v) is 9.90. The summed E-state index contributed by atoms with van der Waals surface area (Å²) in [7, 11) is 0. The van der Waals surface area contributed by atoms with E-state index in [1.54, 1.807) is 0 Å². The Morgan fingerprint density at radius 3 is 0.512 bits per heavy atom. The largest absolute Gasteiger partial charge is 0.481 e. The van der Waals surface area contributed by atoms with Crippen LogP contribution in [0.25, 0.3) is 0 Å². The van der Waals surface area contributed by atoms with Gasteiger partial charge in [0.15, 0.2) is 0 Å². The van der Waals surface area contributed by atoms with Gasteiger partial charge in [-0.25, -0.2) is 86.3 Å². The molecule has 1 unspecified atom stereocenters. The quantitative estimate of drug-likeness (QED) is 0.0404. The van der Waals surface area contributed by atoms with E-state index in [0.29, 0.717) is 0 Å². The second kappa shape index (κ2) is 24.7. The van der Waals surface area contributed by atoms with Gasteiger partial charge in [-0.2, -0.15) is 0 Å². The van der Waals surface area contributed by atoms with Crippen molar-refractivity contribution in [3.8, 4) is 0 Å². The number of carboxylic acids is 17. The van der Waals surface area contributed by atoms with Crippen LogP contribution >= 0.6 is 0 Å². The van der Waals surface area contributed by atoms with Gasteiger partial charge >= 0.3 is 125 Å². The van der Waals surface area contributed by atoms with Crippen LogP contribution in [0, 0.1) is 5.92 Å². The van der Waals surface area contributed by atoms with Gasteiger partial charge in [0.25, 0.3) is 0 Å². The predicted molar refractivity (Wildman–Crippen MR) is 232 cm³/mol. The molecule has 0 aliphatic rings. The summed E-state index contributed by atoms with van der Waals surface area (Å²) in [5, 5.41) is 159. The lowest BCUT2D eigenvalue weighted by Crippen LogP contribution is -2.32. The Kier molecular flexibility index (Phi) is 19.6. The maximum atomic E-state index is 13.2. The summed E-state index contributed by atoms with van der Waals surface area (Å²) in [4.78, 5) is 250. The monoisotopic (exact) mass is 1170 g/mol. The third-order valence-electron chi connectivity index (χ3n) is 9.90. The zero-order chi connectivity index (χ0) is 63.9. The van der Waals surface area contributed by atoms with Gasteiger partial charge in [-0.1, -0.05) is 0 Å². The number of aromatic carboxylic acids is 16. The molecule has 0 aliphatic carbocycles. The lowest BCUT2D eigenvalue weighted by atomic mass is 9.86. The summed E-state index contributed by atoms with van der Waals surface area (Å²) in [5.41, 5.74) is -34.8. The molecule has 40 heteroatoms. The minimum absolute atomic E-state index is 1.66. The van der Waals surface area contributed by atoms with Gasteiger partial charge in [0.05, 0.1) is 119 Å². The molecule has 3 aromatic carbocycles. The van der Waals surface area contributed by atoms with Crippen LogP contribution in [-0.4, -0.2) is 212 Å². The Bertz CT molecular complexity index is 3310. The highest BCUT2D eigenvalue weighted by atomic mass is 16.6. The van der Waals surface area contributed by atoms with Gasteiger partial charge in [0, 0.05) is 0 Å². The molecular weight excluding hydrogens is 1140 g/mol. The number of ether oxygens (including phenoxy) is 2. The number of aliphatic carboxylic acids is 1. The van der Waals surface area contributed by atoms with E-state index in [2.05, 4.69) is 9.47 Å². The van der Waals surface area contributed by atoms with Gasteiger partial charge in [-0.3, -0.25) is 14.4 Å². The van der Waals surface area contributed by atoms with Gasteiger partial charge < -0.3 is 96.3 Å². The number of carboxylic acid groups (broad SMARTS) is 17. The van der Waals surface area contributed by atoms with Gasteiger partial charge in [0.1, 0.15) is 0 Å². The Morgan fingerprint density at radius 1 is 0.220 bits per heavy atom. The standard InChI is InChI=1S/C30H16O28.C12H6O12/c31-4(32)1-3(28(54)58-30(56)17-14(26(50)51)10(22(42)43)7(19(36)37)11(23(44)45)15(17)27(52)53)2-5(33)57-29(55)16-12(24(46)47)8(20(38)39)6(18(34)35)9(21(40)41)13(16)25(48)49;13-7(14)1-2(8(15)16)4(10(19)20)6(12(23)24)5(11(21)22)3(1)9(17)18/h3H,1-2H2,(H,31,32)(H,34,35)(H,36,37)(H,38,39)(H,40,41)(H,42,43)(H,44,45)(H,46,47)(H,48,49)(H,50,51)(H,52,53);(H,13,14)(H,15,16)(H,17,18)(H,19,20)(H,21,22)(H,23,24). The molecule has 17 N–H and O–H groups in total. The molecular formula is C42H22O40.